The summed E-state index contributed by atoms with van der Waals surface area (Å²) in [5.74, 6) is -2.09. The number of nitrogens with one attached hydrogen (secondary N) is 1. The molecule has 19 heavy (non-hydrogen) atoms. The number of halogens is 3. The van der Waals surface area contributed by atoms with Gasteiger partial charge in [-0.25, -0.2) is 13.2 Å². The molecule has 0 fully saturated rings. The lowest BCUT2D eigenvalue weighted by molar-refractivity contribution is 0.504. The van der Waals surface area contributed by atoms with Gasteiger partial charge in [-0.2, -0.15) is 0 Å². The van der Waals surface area contributed by atoms with Crippen LogP contribution in [0.25, 0.3) is 0 Å². The lowest BCUT2D eigenvalue weighted by Gasteiger charge is -2.19. The van der Waals surface area contributed by atoms with Crippen molar-refractivity contribution in [3.05, 3.63) is 71.0 Å². The van der Waals surface area contributed by atoms with Crippen LogP contribution in [0.15, 0.2) is 42.5 Å². The van der Waals surface area contributed by atoms with E-state index in [-0.39, 0.29) is 11.9 Å². The van der Waals surface area contributed by atoms with Gasteiger partial charge in [0, 0.05) is 0 Å². The monoisotopic (exact) mass is 265 g/mol. The topological polar surface area (TPSA) is 12.0 Å². The first-order chi connectivity index (χ1) is 9.11. The molecule has 1 nitrogen and oxygen atoms in total. The van der Waals surface area contributed by atoms with Crippen molar-refractivity contribution < 1.29 is 13.2 Å². The third-order valence-corrected chi connectivity index (χ3v) is 2.89. The van der Waals surface area contributed by atoms with Crippen LogP contribution in [-0.4, -0.2) is 6.54 Å². The Hall–Kier alpha value is -1.81. The molecule has 0 bridgehead atoms. The van der Waals surface area contributed by atoms with Crippen molar-refractivity contribution in [3.63, 3.8) is 0 Å². The summed E-state index contributed by atoms with van der Waals surface area (Å²) in [4.78, 5) is 0. The lowest BCUT2D eigenvalue weighted by Crippen LogP contribution is -2.22. The average Bonchev–Trinajstić information content (AvgIpc) is 2.41. The van der Waals surface area contributed by atoms with Crippen molar-refractivity contribution in [2.75, 3.05) is 6.54 Å². The quantitative estimate of drug-likeness (QED) is 0.886. The maximum atomic E-state index is 13.3. The second-order valence-corrected chi connectivity index (χ2v) is 4.22. The molecule has 0 aliphatic carbocycles. The Morgan fingerprint density at radius 2 is 1.53 bits per heavy atom. The minimum Gasteiger partial charge on any atom is -0.307 e. The van der Waals surface area contributed by atoms with E-state index in [9.17, 15) is 13.2 Å². The van der Waals surface area contributed by atoms with Crippen LogP contribution in [0.5, 0.6) is 0 Å². The second kappa shape index (κ2) is 5.89. The maximum absolute atomic E-state index is 13.3. The van der Waals surface area contributed by atoms with Crippen LogP contribution in [0.2, 0.25) is 0 Å². The number of benzene rings is 2. The Morgan fingerprint density at radius 3 is 2.11 bits per heavy atom. The van der Waals surface area contributed by atoms with Crippen molar-refractivity contribution in [3.8, 4) is 0 Å². The fourth-order valence-electron chi connectivity index (χ4n) is 1.98. The van der Waals surface area contributed by atoms with Gasteiger partial charge in [-0.05, 0) is 41.9 Å². The normalized spacial score (nSPS) is 12.4. The fourth-order valence-corrected chi connectivity index (χ4v) is 1.98. The minimum atomic E-state index is -0.887. The van der Waals surface area contributed by atoms with E-state index in [1.807, 2.05) is 6.92 Å². The summed E-state index contributed by atoms with van der Waals surface area (Å²) in [5.41, 5.74) is 1.40. The van der Waals surface area contributed by atoms with Gasteiger partial charge in [0.1, 0.15) is 5.82 Å². The molecule has 2 aromatic rings. The van der Waals surface area contributed by atoms with E-state index >= 15 is 0 Å². The van der Waals surface area contributed by atoms with Gasteiger partial charge >= 0.3 is 0 Å². The molecule has 0 spiro atoms. The Morgan fingerprint density at radius 1 is 0.895 bits per heavy atom. The third kappa shape index (κ3) is 3.15. The van der Waals surface area contributed by atoms with Gasteiger partial charge in [0.15, 0.2) is 11.6 Å². The van der Waals surface area contributed by atoms with Crippen molar-refractivity contribution >= 4 is 0 Å². The van der Waals surface area contributed by atoms with Gasteiger partial charge in [-0.1, -0.05) is 25.1 Å². The van der Waals surface area contributed by atoms with Crippen molar-refractivity contribution in [2.45, 2.75) is 13.0 Å². The lowest BCUT2D eigenvalue weighted by atomic mass is 9.98. The average molecular weight is 265 g/mol. The van der Waals surface area contributed by atoms with Crippen molar-refractivity contribution in [1.29, 1.82) is 0 Å². The van der Waals surface area contributed by atoms with Gasteiger partial charge < -0.3 is 5.32 Å². The zero-order valence-corrected chi connectivity index (χ0v) is 10.5. The Bertz CT molecular complexity index is 552. The van der Waals surface area contributed by atoms with E-state index in [0.29, 0.717) is 12.1 Å². The summed E-state index contributed by atoms with van der Waals surface area (Å²) in [7, 11) is 0. The highest BCUT2D eigenvalue weighted by Crippen LogP contribution is 2.23. The van der Waals surface area contributed by atoms with E-state index in [0.717, 1.165) is 17.7 Å². The van der Waals surface area contributed by atoms with Crippen LogP contribution in [0.1, 0.15) is 24.1 Å². The van der Waals surface area contributed by atoms with Gasteiger partial charge in [-0.3, -0.25) is 0 Å². The zero-order chi connectivity index (χ0) is 13.8. The molecule has 4 heteroatoms. The second-order valence-electron chi connectivity index (χ2n) is 4.22. The summed E-state index contributed by atoms with van der Waals surface area (Å²) >= 11 is 0. The van der Waals surface area contributed by atoms with Gasteiger partial charge in [0.05, 0.1) is 6.04 Å². The molecule has 0 aromatic heterocycles. The first kappa shape index (κ1) is 13.6. The first-order valence-electron chi connectivity index (χ1n) is 6.05. The molecule has 1 unspecified atom stereocenters. The Labute approximate surface area is 110 Å². The molecule has 0 heterocycles. The third-order valence-electron chi connectivity index (χ3n) is 2.89. The highest BCUT2D eigenvalue weighted by molar-refractivity contribution is 5.32. The van der Waals surface area contributed by atoms with E-state index in [4.69, 9.17) is 0 Å². The Balaban J connectivity index is 2.38. The van der Waals surface area contributed by atoms with E-state index in [2.05, 4.69) is 5.32 Å². The van der Waals surface area contributed by atoms with Crippen molar-refractivity contribution in [2.24, 2.45) is 0 Å². The molecule has 2 aromatic carbocycles. The van der Waals surface area contributed by atoms with E-state index in [1.165, 1.54) is 18.2 Å². The van der Waals surface area contributed by atoms with Crippen LogP contribution in [0.3, 0.4) is 0 Å². The van der Waals surface area contributed by atoms with Crippen LogP contribution in [-0.2, 0) is 0 Å². The Kier molecular flexibility index (Phi) is 4.22. The number of hydrogen-bond donors (Lipinski definition) is 1. The summed E-state index contributed by atoms with van der Waals surface area (Å²) in [6, 6.07) is 9.44. The molecule has 0 aliphatic heterocycles. The van der Waals surface area contributed by atoms with Crippen LogP contribution in [0, 0.1) is 17.5 Å². The van der Waals surface area contributed by atoms with Crippen molar-refractivity contribution in [1.82, 2.24) is 5.32 Å². The molecule has 1 atom stereocenters. The summed E-state index contributed by atoms with van der Waals surface area (Å²) in [6.45, 7) is 2.57. The summed E-state index contributed by atoms with van der Waals surface area (Å²) in [6.07, 6.45) is 0. The largest absolute Gasteiger partial charge is 0.307 e. The highest BCUT2D eigenvalue weighted by Gasteiger charge is 2.15. The van der Waals surface area contributed by atoms with Gasteiger partial charge in [0.25, 0.3) is 0 Å². The van der Waals surface area contributed by atoms with Crippen LogP contribution in [0.4, 0.5) is 13.2 Å². The molecule has 0 saturated heterocycles. The highest BCUT2D eigenvalue weighted by atomic mass is 19.2. The molecule has 0 amide bonds. The molecule has 0 saturated carbocycles. The predicted octanol–water partition coefficient (Wildman–Crippen LogP) is 3.80. The molecular formula is C15H14F3N. The molecular weight excluding hydrogens is 251 g/mol. The first-order valence-corrected chi connectivity index (χ1v) is 6.05. The summed E-state index contributed by atoms with van der Waals surface area (Å²) < 4.78 is 39.2. The number of hydrogen-bond acceptors (Lipinski definition) is 1. The SMILES string of the molecule is CCNC(c1ccc(F)cc1)c1ccc(F)c(F)c1. The zero-order valence-electron chi connectivity index (χ0n) is 10.5. The smallest absolute Gasteiger partial charge is 0.159 e. The molecule has 1 N–H and O–H groups in total. The van der Waals surface area contributed by atoms with E-state index < -0.39 is 11.6 Å². The molecule has 100 valence electrons. The van der Waals surface area contributed by atoms with E-state index in [1.54, 1.807) is 12.1 Å². The van der Waals surface area contributed by atoms with Gasteiger partial charge in [0.2, 0.25) is 0 Å². The molecule has 0 radical (unpaired) electrons. The maximum Gasteiger partial charge on any atom is 0.159 e. The molecule has 0 aliphatic rings. The predicted molar refractivity (Wildman–Crippen MR) is 68.3 cm³/mol. The fraction of sp³-hybridized carbons (Fsp3) is 0.200. The standard InChI is InChI=1S/C15H14F3N/c1-2-19-15(10-3-6-12(16)7-4-10)11-5-8-13(17)14(18)9-11/h3-9,15,19H,2H2,1H3. The minimum absolute atomic E-state index is 0.291. The van der Waals surface area contributed by atoms with Crippen LogP contribution < -0.4 is 5.32 Å². The summed E-state index contributed by atoms with van der Waals surface area (Å²) in [5, 5.41) is 3.17. The molecule has 2 rings (SSSR count). The van der Waals surface area contributed by atoms with Gasteiger partial charge in [-0.15, -0.1) is 0 Å². The van der Waals surface area contributed by atoms with Crippen LogP contribution >= 0.6 is 0 Å². The number of rotatable bonds is 4.